The van der Waals surface area contributed by atoms with E-state index in [4.69, 9.17) is 11.6 Å². The van der Waals surface area contributed by atoms with Crippen LogP contribution in [-0.4, -0.2) is 31.7 Å². The predicted octanol–water partition coefficient (Wildman–Crippen LogP) is 1.97. The van der Waals surface area contributed by atoms with Crippen molar-refractivity contribution in [2.45, 2.75) is 18.9 Å². The third-order valence-electron chi connectivity index (χ3n) is 2.77. The first-order valence-corrected chi connectivity index (χ1v) is 7.34. The number of nitrogens with one attached hydrogen (secondary N) is 1. The second-order valence-electron chi connectivity index (χ2n) is 4.05. The molecule has 2 heterocycles. The summed E-state index contributed by atoms with van der Waals surface area (Å²) in [4.78, 5) is 14.0. The average Bonchev–Trinajstić information content (AvgIpc) is 2.34. The zero-order valence-electron chi connectivity index (χ0n) is 9.47. The van der Waals surface area contributed by atoms with E-state index in [9.17, 15) is 14.3 Å². The molecule has 0 amide bonds. The van der Waals surface area contributed by atoms with Crippen molar-refractivity contribution >= 4 is 33.9 Å². The summed E-state index contributed by atoms with van der Waals surface area (Å²) in [5, 5.41) is 13.9. The fourth-order valence-electron chi connectivity index (χ4n) is 1.77. The number of hydrogen-bond donors (Lipinski definition) is 1. The van der Waals surface area contributed by atoms with Crippen LogP contribution in [-0.2, 0) is 10.8 Å². The Morgan fingerprint density at radius 2 is 2.17 bits per heavy atom. The normalized spacial score (nSPS) is 23.6. The highest BCUT2D eigenvalue weighted by molar-refractivity contribution is 7.85. The molecule has 1 N–H and O–H groups in total. The SMILES string of the molecule is O=[N+]([O-])c1cnc(NC2CCS(=O)CC2)c(Cl)c1. The van der Waals surface area contributed by atoms with Crippen LogP contribution < -0.4 is 5.32 Å². The summed E-state index contributed by atoms with van der Waals surface area (Å²) >= 11 is 5.93. The topological polar surface area (TPSA) is 85.1 Å². The van der Waals surface area contributed by atoms with Crippen molar-refractivity contribution in [3.05, 3.63) is 27.4 Å². The molecule has 1 aliphatic rings. The van der Waals surface area contributed by atoms with Crippen LogP contribution in [0.4, 0.5) is 11.5 Å². The van der Waals surface area contributed by atoms with E-state index in [0.29, 0.717) is 17.3 Å². The maximum absolute atomic E-state index is 11.2. The van der Waals surface area contributed by atoms with Crippen LogP contribution in [0.25, 0.3) is 0 Å². The van der Waals surface area contributed by atoms with Gasteiger partial charge < -0.3 is 5.32 Å². The van der Waals surface area contributed by atoms with Crippen molar-refractivity contribution in [1.82, 2.24) is 4.98 Å². The summed E-state index contributed by atoms with van der Waals surface area (Å²) in [6.07, 6.45) is 2.76. The van der Waals surface area contributed by atoms with Gasteiger partial charge >= 0.3 is 0 Å². The summed E-state index contributed by atoms with van der Waals surface area (Å²) in [6.45, 7) is 0. The van der Waals surface area contributed by atoms with Gasteiger partial charge in [-0.2, -0.15) is 0 Å². The Morgan fingerprint density at radius 3 is 2.72 bits per heavy atom. The minimum atomic E-state index is -0.717. The lowest BCUT2D eigenvalue weighted by Gasteiger charge is -2.23. The standard InChI is InChI=1S/C10H12ClN3O3S/c11-9-5-8(14(15)16)6-12-10(9)13-7-1-3-18(17)4-2-7/h5-7H,1-4H2,(H,12,13). The Balaban J connectivity index is 2.05. The second kappa shape index (κ2) is 5.62. The molecule has 2 rings (SSSR count). The molecule has 1 aliphatic heterocycles. The van der Waals surface area contributed by atoms with Gasteiger partial charge in [-0.15, -0.1) is 0 Å². The average molecular weight is 290 g/mol. The minimum absolute atomic E-state index is 0.129. The van der Waals surface area contributed by atoms with Crippen LogP contribution in [0.15, 0.2) is 12.3 Å². The number of hydrogen-bond acceptors (Lipinski definition) is 5. The van der Waals surface area contributed by atoms with E-state index >= 15 is 0 Å². The minimum Gasteiger partial charge on any atom is -0.366 e. The van der Waals surface area contributed by atoms with Crippen LogP contribution in [0.2, 0.25) is 5.02 Å². The zero-order chi connectivity index (χ0) is 13.1. The molecule has 0 bridgehead atoms. The highest BCUT2D eigenvalue weighted by Gasteiger charge is 2.19. The first-order chi connectivity index (χ1) is 8.56. The molecule has 0 aliphatic carbocycles. The molecule has 0 spiro atoms. The Bertz CT molecular complexity index is 487. The van der Waals surface area contributed by atoms with Gasteiger partial charge in [0.05, 0.1) is 9.95 Å². The lowest BCUT2D eigenvalue weighted by Crippen LogP contribution is -2.29. The zero-order valence-corrected chi connectivity index (χ0v) is 11.0. The highest BCUT2D eigenvalue weighted by atomic mass is 35.5. The molecule has 1 fully saturated rings. The van der Waals surface area contributed by atoms with Crippen molar-refractivity contribution in [2.75, 3.05) is 16.8 Å². The first kappa shape index (κ1) is 13.2. The van der Waals surface area contributed by atoms with Crippen LogP contribution in [0, 0.1) is 10.1 Å². The van der Waals surface area contributed by atoms with Crippen molar-refractivity contribution < 1.29 is 9.13 Å². The van der Waals surface area contributed by atoms with E-state index in [1.165, 1.54) is 12.3 Å². The first-order valence-electron chi connectivity index (χ1n) is 5.47. The molecule has 1 saturated heterocycles. The summed E-state index contributed by atoms with van der Waals surface area (Å²) in [5.74, 6) is 1.78. The third kappa shape index (κ3) is 3.17. The quantitative estimate of drug-likeness (QED) is 0.679. The lowest BCUT2D eigenvalue weighted by atomic mass is 10.1. The molecule has 18 heavy (non-hydrogen) atoms. The van der Waals surface area contributed by atoms with Gasteiger partial charge in [-0.05, 0) is 12.8 Å². The molecule has 8 heteroatoms. The number of anilines is 1. The van der Waals surface area contributed by atoms with Gasteiger partial charge in [-0.25, -0.2) is 4.98 Å². The van der Waals surface area contributed by atoms with Gasteiger partial charge in [0, 0.05) is 34.4 Å². The van der Waals surface area contributed by atoms with Crippen LogP contribution >= 0.6 is 11.6 Å². The molecule has 0 radical (unpaired) electrons. The fourth-order valence-corrected chi connectivity index (χ4v) is 3.28. The smallest absolute Gasteiger partial charge is 0.289 e. The number of rotatable bonds is 3. The Morgan fingerprint density at radius 1 is 1.50 bits per heavy atom. The molecule has 98 valence electrons. The summed E-state index contributed by atoms with van der Waals surface area (Å²) in [5.41, 5.74) is -0.129. The van der Waals surface area contributed by atoms with Crippen molar-refractivity contribution in [3.63, 3.8) is 0 Å². The molecular weight excluding hydrogens is 278 g/mol. The van der Waals surface area contributed by atoms with Gasteiger partial charge in [0.2, 0.25) is 0 Å². The summed E-state index contributed by atoms with van der Waals surface area (Å²) in [6, 6.07) is 1.45. The number of nitro groups is 1. The summed E-state index contributed by atoms with van der Waals surface area (Å²) in [7, 11) is -0.717. The van der Waals surface area contributed by atoms with Crippen molar-refractivity contribution in [3.8, 4) is 0 Å². The number of pyridine rings is 1. The fraction of sp³-hybridized carbons (Fsp3) is 0.500. The maximum Gasteiger partial charge on any atom is 0.289 e. The lowest BCUT2D eigenvalue weighted by molar-refractivity contribution is -0.385. The number of halogens is 1. The van der Waals surface area contributed by atoms with Gasteiger partial charge in [-0.1, -0.05) is 11.6 Å². The molecule has 0 saturated carbocycles. The van der Waals surface area contributed by atoms with E-state index in [1.807, 2.05) is 0 Å². The van der Waals surface area contributed by atoms with Crippen LogP contribution in [0.1, 0.15) is 12.8 Å². The molecule has 0 aromatic carbocycles. The van der Waals surface area contributed by atoms with Crippen molar-refractivity contribution in [2.24, 2.45) is 0 Å². The van der Waals surface area contributed by atoms with E-state index in [-0.39, 0.29) is 16.8 Å². The Hall–Kier alpha value is -1.21. The number of aromatic nitrogens is 1. The molecule has 1 aromatic rings. The van der Waals surface area contributed by atoms with E-state index in [2.05, 4.69) is 10.3 Å². The van der Waals surface area contributed by atoms with Crippen LogP contribution in [0.5, 0.6) is 0 Å². The third-order valence-corrected chi connectivity index (χ3v) is 4.44. The molecule has 6 nitrogen and oxygen atoms in total. The highest BCUT2D eigenvalue weighted by Crippen LogP contribution is 2.25. The Kier molecular flexibility index (Phi) is 4.13. The van der Waals surface area contributed by atoms with Crippen molar-refractivity contribution in [1.29, 1.82) is 0 Å². The van der Waals surface area contributed by atoms with E-state index in [0.717, 1.165) is 12.8 Å². The molecule has 0 atom stereocenters. The molecular formula is C10H12ClN3O3S. The van der Waals surface area contributed by atoms with Gasteiger partial charge in [0.25, 0.3) is 5.69 Å². The molecule has 1 aromatic heterocycles. The predicted molar refractivity (Wildman–Crippen MR) is 70.4 cm³/mol. The van der Waals surface area contributed by atoms with E-state index < -0.39 is 15.7 Å². The maximum atomic E-state index is 11.2. The summed E-state index contributed by atoms with van der Waals surface area (Å²) < 4.78 is 11.2. The van der Waals surface area contributed by atoms with Gasteiger partial charge in [-0.3, -0.25) is 14.3 Å². The molecule has 0 unspecified atom stereocenters. The van der Waals surface area contributed by atoms with Gasteiger partial charge in [0.15, 0.2) is 0 Å². The van der Waals surface area contributed by atoms with E-state index in [1.54, 1.807) is 0 Å². The number of nitrogens with zero attached hydrogens (tertiary/aromatic N) is 2. The largest absolute Gasteiger partial charge is 0.366 e. The monoisotopic (exact) mass is 289 g/mol. The van der Waals surface area contributed by atoms with Gasteiger partial charge in [0.1, 0.15) is 12.0 Å². The van der Waals surface area contributed by atoms with Crippen LogP contribution in [0.3, 0.4) is 0 Å². The second-order valence-corrected chi connectivity index (χ2v) is 6.15. The Labute approximate surface area is 111 Å².